The number of carbonyl (C=O) groups is 2. The second-order valence-electron chi connectivity index (χ2n) is 5.64. The van der Waals surface area contributed by atoms with Crippen molar-refractivity contribution in [1.82, 2.24) is 4.57 Å². The number of carbonyl (C=O) groups excluding carboxylic acids is 2. The molecule has 0 spiro atoms. The minimum atomic E-state index is -0.389. The molecular formula is C18H20N2O3. The van der Waals surface area contributed by atoms with Crippen molar-refractivity contribution in [2.75, 3.05) is 18.5 Å². The predicted octanol–water partition coefficient (Wildman–Crippen LogP) is 3.02. The van der Waals surface area contributed by atoms with Gasteiger partial charge < -0.3 is 14.6 Å². The van der Waals surface area contributed by atoms with E-state index < -0.39 is 0 Å². The van der Waals surface area contributed by atoms with E-state index in [0.717, 1.165) is 18.5 Å². The molecule has 0 bridgehead atoms. The van der Waals surface area contributed by atoms with E-state index in [1.165, 1.54) is 0 Å². The van der Waals surface area contributed by atoms with Gasteiger partial charge in [0.05, 0.1) is 12.2 Å². The SMILES string of the molecule is CCOC(=O)c1cc(C(=O)c2ccc(C)cc2)c2n1CCCN2. The van der Waals surface area contributed by atoms with E-state index in [2.05, 4.69) is 5.32 Å². The molecule has 0 fully saturated rings. The lowest BCUT2D eigenvalue weighted by atomic mass is 10.0. The Morgan fingerprint density at radius 2 is 2.00 bits per heavy atom. The second-order valence-corrected chi connectivity index (χ2v) is 5.64. The average Bonchev–Trinajstić information content (AvgIpc) is 2.95. The summed E-state index contributed by atoms with van der Waals surface area (Å²) in [5, 5.41) is 3.24. The Kier molecular flexibility index (Phi) is 4.19. The summed E-state index contributed by atoms with van der Waals surface area (Å²) in [5.41, 5.74) is 2.68. The van der Waals surface area contributed by atoms with Crippen molar-refractivity contribution >= 4 is 17.6 Å². The number of ether oxygens (including phenoxy) is 1. The number of ketones is 1. The van der Waals surface area contributed by atoms with Gasteiger partial charge in [0.15, 0.2) is 5.78 Å². The third-order valence-electron chi connectivity index (χ3n) is 3.99. The van der Waals surface area contributed by atoms with E-state index in [1.54, 1.807) is 13.0 Å². The van der Waals surface area contributed by atoms with Crippen LogP contribution in [0.25, 0.3) is 0 Å². The van der Waals surface area contributed by atoms with Crippen LogP contribution in [0.4, 0.5) is 5.82 Å². The normalized spacial score (nSPS) is 13.1. The van der Waals surface area contributed by atoms with Crippen LogP contribution in [0, 0.1) is 6.92 Å². The highest BCUT2D eigenvalue weighted by Crippen LogP contribution is 2.28. The summed E-state index contributed by atoms with van der Waals surface area (Å²) in [4.78, 5) is 25.0. The van der Waals surface area contributed by atoms with Crippen molar-refractivity contribution in [3.05, 3.63) is 52.7 Å². The molecular weight excluding hydrogens is 292 g/mol. The monoisotopic (exact) mass is 312 g/mol. The molecule has 0 saturated carbocycles. The Hall–Kier alpha value is -2.56. The van der Waals surface area contributed by atoms with E-state index in [4.69, 9.17) is 4.74 Å². The fourth-order valence-electron chi connectivity index (χ4n) is 2.82. The number of anilines is 1. The summed E-state index contributed by atoms with van der Waals surface area (Å²) in [7, 11) is 0. The zero-order valence-corrected chi connectivity index (χ0v) is 13.4. The number of hydrogen-bond acceptors (Lipinski definition) is 4. The molecule has 23 heavy (non-hydrogen) atoms. The Bertz CT molecular complexity index is 744. The van der Waals surface area contributed by atoms with Gasteiger partial charge in [0, 0.05) is 18.7 Å². The van der Waals surface area contributed by atoms with Crippen molar-refractivity contribution in [2.45, 2.75) is 26.8 Å². The molecule has 2 aromatic rings. The second kappa shape index (κ2) is 6.28. The van der Waals surface area contributed by atoms with Crippen LogP contribution in [-0.2, 0) is 11.3 Å². The zero-order chi connectivity index (χ0) is 16.4. The Morgan fingerprint density at radius 3 is 2.70 bits per heavy atom. The summed E-state index contributed by atoms with van der Waals surface area (Å²) in [6.45, 7) is 5.57. The summed E-state index contributed by atoms with van der Waals surface area (Å²) in [5.74, 6) is 0.240. The first-order valence-electron chi connectivity index (χ1n) is 7.87. The number of benzene rings is 1. The fourth-order valence-corrected chi connectivity index (χ4v) is 2.82. The highest BCUT2D eigenvalue weighted by molar-refractivity contribution is 6.13. The molecule has 0 radical (unpaired) electrons. The lowest BCUT2D eigenvalue weighted by Crippen LogP contribution is -2.21. The van der Waals surface area contributed by atoms with E-state index in [-0.39, 0.29) is 11.8 Å². The molecule has 2 heterocycles. The predicted molar refractivity (Wildman–Crippen MR) is 88.1 cm³/mol. The van der Waals surface area contributed by atoms with Crippen LogP contribution >= 0.6 is 0 Å². The number of rotatable bonds is 4. The minimum absolute atomic E-state index is 0.0845. The standard InChI is InChI=1S/C18H20N2O3/c1-3-23-18(22)15-11-14(17-19-9-4-10-20(15)17)16(21)13-7-5-12(2)6-8-13/h5-8,11,19H,3-4,9-10H2,1-2H3. The van der Waals surface area contributed by atoms with Crippen LogP contribution in [0.5, 0.6) is 0 Å². The third-order valence-corrected chi connectivity index (χ3v) is 3.99. The fraction of sp³-hybridized carbons (Fsp3) is 0.333. The number of nitrogens with one attached hydrogen (secondary N) is 1. The molecule has 0 unspecified atom stereocenters. The molecule has 1 aliphatic rings. The maximum atomic E-state index is 12.8. The first-order chi connectivity index (χ1) is 11.1. The van der Waals surface area contributed by atoms with Crippen LogP contribution in [-0.4, -0.2) is 29.5 Å². The summed E-state index contributed by atoms with van der Waals surface area (Å²) < 4.78 is 6.96. The smallest absolute Gasteiger partial charge is 0.355 e. The highest BCUT2D eigenvalue weighted by Gasteiger charge is 2.26. The van der Waals surface area contributed by atoms with Gasteiger partial charge >= 0.3 is 5.97 Å². The van der Waals surface area contributed by atoms with Gasteiger partial charge in [-0.05, 0) is 26.3 Å². The van der Waals surface area contributed by atoms with Crippen molar-refractivity contribution in [3.8, 4) is 0 Å². The Balaban J connectivity index is 2.03. The van der Waals surface area contributed by atoms with Gasteiger partial charge in [0.25, 0.3) is 0 Å². The number of fused-ring (bicyclic) bond motifs is 1. The number of aryl methyl sites for hydroxylation is 1. The molecule has 0 aliphatic carbocycles. The summed E-state index contributed by atoms with van der Waals surface area (Å²) >= 11 is 0. The van der Waals surface area contributed by atoms with Gasteiger partial charge in [0.1, 0.15) is 11.5 Å². The first kappa shape index (κ1) is 15.3. The summed E-state index contributed by atoms with van der Waals surface area (Å²) in [6, 6.07) is 9.10. The molecule has 5 nitrogen and oxygen atoms in total. The molecule has 0 atom stereocenters. The largest absolute Gasteiger partial charge is 0.461 e. The molecule has 1 N–H and O–H groups in total. The topological polar surface area (TPSA) is 60.3 Å². The third kappa shape index (κ3) is 2.86. The molecule has 0 saturated heterocycles. The van der Waals surface area contributed by atoms with Crippen LogP contribution in [0.1, 0.15) is 45.3 Å². The first-order valence-corrected chi connectivity index (χ1v) is 7.87. The Labute approximate surface area is 135 Å². The number of nitrogens with zero attached hydrogens (tertiary/aromatic N) is 1. The van der Waals surface area contributed by atoms with E-state index in [1.807, 2.05) is 35.8 Å². The Morgan fingerprint density at radius 1 is 1.26 bits per heavy atom. The van der Waals surface area contributed by atoms with E-state index in [9.17, 15) is 9.59 Å². The lowest BCUT2D eigenvalue weighted by molar-refractivity contribution is 0.0513. The summed E-state index contributed by atoms with van der Waals surface area (Å²) in [6.07, 6.45) is 0.909. The van der Waals surface area contributed by atoms with E-state index >= 15 is 0 Å². The van der Waals surface area contributed by atoms with Crippen molar-refractivity contribution in [1.29, 1.82) is 0 Å². The quantitative estimate of drug-likeness (QED) is 0.696. The van der Waals surface area contributed by atoms with Gasteiger partial charge in [-0.15, -0.1) is 0 Å². The number of aromatic nitrogens is 1. The maximum absolute atomic E-state index is 12.8. The lowest BCUT2D eigenvalue weighted by Gasteiger charge is -2.20. The van der Waals surface area contributed by atoms with Crippen LogP contribution < -0.4 is 5.32 Å². The molecule has 1 aliphatic heterocycles. The molecule has 3 rings (SSSR count). The number of hydrogen-bond donors (Lipinski definition) is 1. The average molecular weight is 312 g/mol. The minimum Gasteiger partial charge on any atom is -0.461 e. The van der Waals surface area contributed by atoms with Gasteiger partial charge in [0.2, 0.25) is 0 Å². The van der Waals surface area contributed by atoms with Gasteiger partial charge in [-0.25, -0.2) is 4.79 Å². The molecule has 1 aromatic heterocycles. The number of esters is 1. The van der Waals surface area contributed by atoms with Crippen LogP contribution in [0.15, 0.2) is 30.3 Å². The van der Waals surface area contributed by atoms with Crippen LogP contribution in [0.3, 0.4) is 0 Å². The van der Waals surface area contributed by atoms with Crippen molar-refractivity contribution < 1.29 is 14.3 Å². The van der Waals surface area contributed by atoms with Gasteiger partial charge in [-0.3, -0.25) is 4.79 Å². The van der Waals surface area contributed by atoms with Crippen molar-refractivity contribution in [2.24, 2.45) is 0 Å². The van der Waals surface area contributed by atoms with E-state index in [0.29, 0.717) is 35.8 Å². The molecule has 1 aromatic carbocycles. The zero-order valence-electron chi connectivity index (χ0n) is 13.4. The molecule has 120 valence electrons. The van der Waals surface area contributed by atoms with Gasteiger partial charge in [-0.2, -0.15) is 0 Å². The maximum Gasteiger partial charge on any atom is 0.355 e. The molecule has 0 amide bonds. The highest BCUT2D eigenvalue weighted by atomic mass is 16.5. The van der Waals surface area contributed by atoms with Crippen LogP contribution in [0.2, 0.25) is 0 Å². The van der Waals surface area contributed by atoms with Gasteiger partial charge in [-0.1, -0.05) is 29.8 Å². The molecule has 5 heteroatoms. The van der Waals surface area contributed by atoms with Crippen molar-refractivity contribution in [3.63, 3.8) is 0 Å².